The zero-order chi connectivity index (χ0) is 13.1. The van der Waals surface area contributed by atoms with Gasteiger partial charge >= 0.3 is 0 Å². The molecule has 0 atom stereocenters. The molecule has 0 aliphatic carbocycles. The predicted octanol–water partition coefficient (Wildman–Crippen LogP) is 3.69. The molecule has 0 bridgehead atoms. The Hall–Kier alpha value is -2.16. The van der Waals surface area contributed by atoms with Crippen molar-refractivity contribution in [1.82, 2.24) is 0 Å². The third-order valence-electron chi connectivity index (χ3n) is 2.79. The van der Waals surface area contributed by atoms with E-state index in [1.165, 1.54) is 12.1 Å². The summed E-state index contributed by atoms with van der Waals surface area (Å²) >= 11 is 0. The first-order valence-electron chi connectivity index (χ1n) is 5.71. The van der Waals surface area contributed by atoms with Crippen LogP contribution in [0.25, 0.3) is 0 Å². The molecule has 0 saturated heterocycles. The third-order valence-corrected chi connectivity index (χ3v) is 2.79. The summed E-state index contributed by atoms with van der Waals surface area (Å²) in [5.74, 6) is -0.663. The molecule has 2 rings (SSSR count). The first kappa shape index (κ1) is 12.3. The molecule has 0 saturated carbocycles. The summed E-state index contributed by atoms with van der Waals surface area (Å²) < 4.78 is 13.4. The van der Waals surface area contributed by atoms with Gasteiger partial charge in [0.15, 0.2) is 0 Å². The number of carbonyl (C=O) groups excluding carboxylic acids is 1. The maximum Gasteiger partial charge on any atom is 0.256 e. The highest BCUT2D eigenvalue weighted by molar-refractivity contribution is 6.05. The van der Waals surface area contributed by atoms with Crippen LogP contribution in [0.15, 0.2) is 42.5 Å². The molecule has 18 heavy (non-hydrogen) atoms. The third kappa shape index (κ3) is 2.56. The monoisotopic (exact) mass is 243 g/mol. The first-order valence-corrected chi connectivity index (χ1v) is 5.71. The van der Waals surface area contributed by atoms with E-state index in [1.807, 2.05) is 25.1 Å². The Morgan fingerprint density at radius 3 is 2.56 bits per heavy atom. The van der Waals surface area contributed by atoms with E-state index in [0.717, 1.165) is 5.56 Å². The first-order chi connectivity index (χ1) is 8.58. The number of amides is 1. The highest BCUT2D eigenvalue weighted by atomic mass is 19.1. The fourth-order valence-electron chi connectivity index (χ4n) is 1.77. The molecule has 0 heterocycles. The van der Waals surface area contributed by atoms with Crippen molar-refractivity contribution in [3.05, 3.63) is 65.0 Å². The molecule has 0 aliphatic heterocycles. The quantitative estimate of drug-likeness (QED) is 0.856. The fraction of sp³-hybridized carbons (Fsp3) is 0.133. The van der Waals surface area contributed by atoms with Gasteiger partial charge in [0.1, 0.15) is 5.82 Å². The molecular weight excluding hydrogens is 229 g/mol. The van der Waals surface area contributed by atoms with Gasteiger partial charge < -0.3 is 5.32 Å². The maximum atomic E-state index is 13.4. The van der Waals surface area contributed by atoms with Crippen LogP contribution in [0.1, 0.15) is 21.5 Å². The Balaban J connectivity index is 2.25. The lowest BCUT2D eigenvalue weighted by molar-refractivity contribution is 0.102. The summed E-state index contributed by atoms with van der Waals surface area (Å²) in [6.45, 7) is 3.55. The van der Waals surface area contributed by atoms with Crippen LogP contribution in [0.5, 0.6) is 0 Å². The van der Waals surface area contributed by atoms with Gasteiger partial charge in [-0.1, -0.05) is 18.2 Å². The average molecular weight is 243 g/mol. The molecule has 0 fully saturated rings. The zero-order valence-electron chi connectivity index (χ0n) is 10.3. The molecule has 0 spiro atoms. The van der Waals surface area contributed by atoms with Crippen molar-refractivity contribution in [3.8, 4) is 0 Å². The number of halogens is 1. The van der Waals surface area contributed by atoms with Gasteiger partial charge in [0.05, 0.1) is 0 Å². The Morgan fingerprint density at radius 1 is 1.11 bits per heavy atom. The van der Waals surface area contributed by atoms with Crippen molar-refractivity contribution in [3.63, 3.8) is 0 Å². The average Bonchev–Trinajstić information content (AvgIpc) is 2.32. The number of carbonyl (C=O) groups is 1. The van der Waals surface area contributed by atoms with Crippen molar-refractivity contribution in [2.75, 3.05) is 5.32 Å². The van der Waals surface area contributed by atoms with Crippen LogP contribution < -0.4 is 5.32 Å². The molecule has 2 aromatic carbocycles. The number of benzene rings is 2. The van der Waals surface area contributed by atoms with Crippen molar-refractivity contribution < 1.29 is 9.18 Å². The number of hydrogen-bond donors (Lipinski definition) is 1. The lowest BCUT2D eigenvalue weighted by atomic mass is 10.1. The largest absolute Gasteiger partial charge is 0.322 e. The number of hydrogen-bond acceptors (Lipinski definition) is 1. The van der Waals surface area contributed by atoms with Crippen molar-refractivity contribution >= 4 is 11.6 Å². The molecule has 0 radical (unpaired) electrons. The van der Waals surface area contributed by atoms with Crippen LogP contribution in [0.3, 0.4) is 0 Å². The van der Waals surface area contributed by atoms with Crippen LogP contribution in [0.4, 0.5) is 10.1 Å². The number of rotatable bonds is 2. The van der Waals surface area contributed by atoms with Crippen molar-refractivity contribution in [2.24, 2.45) is 0 Å². The zero-order valence-corrected chi connectivity index (χ0v) is 10.3. The smallest absolute Gasteiger partial charge is 0.256 e. The lowest BCUT2D eigenvalue weighted by Gasteiger charge is -2.08. The van der Waals surface area contributed by atoms with E-state index in [-0.39, 0.29) is 11.7 Å². The summed E-state index contributed by atoms with van der Waals surface area (Å²) in [7, 11) is 0. The van der Waals surface area contributed by atoms with E-state index >= 15 is 0 Å². The van der Waals surface area contributed by atoms with Gasteiger partial charge in [-0.2, -0.15) is 0 Å². The molecule has 92 valence electrons. The van der Waals surface area contributed by atoms with Crippen LogP contribution in [0.2, 0.25) is 0 Å². The van der Waals surface area contributed by atoms with Gasteiger partial charge in [0, 0.05) is 11.3 Å². The van der Waals surface area contributed by atoms with Gasteiger partial charge in [-0.05, 0) is 49.2 Å². The minimum atomic E-state index is -0.369. The summed E-state index contributed by atoms with van der Waals surface area (Å²) in [5, 5.41) is 2.76. The molecule has 0 aliphatic rings. The molecule has 0 aromatic heterocycles. The normalized spacial score (nSPS) is 10.2. The van der Waals surface area contributed by atoms with Gasteiger partial charge in [-0.3, -0.25) is 4.79 Å². The molecule has 2 nitrogen and oxygen atoms in total. The molecule has 0 unspecified atom stereocenters. The second-order valence-electron chi connectivity index (χ2n) is 4.24. The predicted molar refractivity (Wildman–Crippen MR) is 70.3 cm³/mol. The molecule has 1 N–H and O–H groups in total. The van der Waals surface area contributed by atoms with Crippen LogP contribution in [-0.4, -0.2) is 5.91 Å². The van der Waals surface area contributed by atoms with E-state index in [4.69, 9.17) is 0 Å². The number of nitrogens with one attached hydrogen (secondary N) is 1. The van der Waals surface area contributed by atoms with Gasteiger partial charge in [0.25, 0.3) is 5.91 Å². The Morgan fingerprint density at radius 2 is 1.83 bits per heavy atom. The van der Waals surface area contributed by atoms with Gasteiger partial charge in [-0.25, -0.2) is 4.39 Å². The minimum absolute atomic E-state index is 0.294. The van der Waals surface area contributed by atoms with Crippen molar-refractivity contribution in [2.45, 2.75) is 13.8 Å². The second kappa shape index (κ2) is 5.00. The van der Waals surface area contributed by atoms with E-state index in [1.54, 1.807) is 19.1 Å². The van der Waals surface area contributed by atoms with E-state index < -0.39 is 0 Å². The number of anilines is 1. The number of aryl methyl sites for hydroxylation is 1. The molecule has 3 heteroatoms. The lowest BCUT2D eigenvalue weighted by Crippen LogP contribution is -2.14. The summed E-state index contributed by atoms with van der Waals surface area (Å²) in [6, 6.07) is 12.0. The fourth-order valence-corrected chi connectivity index (χ4v) is 1.77. The van der Waals surface area contributed by atoms with E-state index in [2.05, 4.69) is 5.32 Å². The topological polar surface area (TPSA) is 29.1 Å². The van der Waals surface area contributed by atoms with Crippen LogP contribution >= 0.6 is 0 Å². The summed E-state index contributed by atoms with van der Waals surface area (Å²) in [6.07, 6.45) is 0. The Kier molecular flexibility index (Phi) is 3.42. The standard InChI is InChI=1S/C15H14FNO/c1-10-5-3-6-12(9-10)17-15(18)13-7-4-8-14(16)11(13)2/h3-9H,1-2H3,(H,17,18). The van der Waals surface area contributed by atoms with E-state index in [0.29, 0.717) is 16.8 Å². The van der Waals surface area contributed by atoms with Gasteiger partial charge in [0.2, 0.25) is 0 Å². The van der Waals surface area contributed by atoms with Crippen molar-refractivity contribution in [1.29, 1.82) is 0 Å². The highest BCUT2D eigenvalue weighted by Gasteiger charge is 2.11. The minimum Gasteiger partial charge on any atom is -0.322 e. The summed E-state index contributed by atoms with van der Waals surface area (Å²) in [5.41, 5.74) is 2.49. The summed E-state index contributed by atoms with van der Waals surface area (Å²) in [4.78, 5) is 12.0. The SMILES string of the molecule is Cc1cccc(NC(=O)c2cccc(F)c2C)c1. The van der Waals surface area contributed by atoms with Gasteiger partial charge in [-0.15, -0.1) is 0 Å². The molecule has 1 amide bonds. The van der Waals surface area contributed by atoms with Crippen LogP contribution in [0, 0.1) is 19.7 Å². The second-order valence-corrected chi connectivity index (χ2v) is 4.24. The molecule has 2 aromatic rings. The Labute approximate surface area is 105 Å². The molecular formula is C15H14FNO. The van der Waals surface area contributed by atoms with E-state index in [9.17, 15) is 9.18 Å². The highest BCUT2D eigenvalue weighted by Crippen LogP contribution is 2.15. The van der Waals surface area contributed by atoms with Crippen LogP contribution in [-0.2, 0) is 0 Å². The maximum absolute atomic E-state index is 13.4. The Bertz CT molecular complexity index is 593.